The molecule has 0 radical (unpaired) electrons. The van der Waals surface area contributed by atoms with Gasteiger partial charge in [-0.3, -0.25) is 4.79 Å². The van der Waals surface area contributed by atoms with E-state index in [2.05, 4.69) is 10.0 Å². The van der Waals surface area contributed by atoms with E-state index in [-0.39, 0.29) is 21.2 Å². The zero-order valence-corrected chi connectivity index (χ0v) is 14.7. The van der Waals surface area contributed by atoms with Gasteiger partial charge in [-0.2, -0.15) is 0 Å². The maximum absolute atomic E-state index is 13.3. The molecule has 9 heteroatoms. The van der Waals surface area contributed by atoms with Crippen molar-refractivity contribution in [3.05, 3.63) is 58.6 Å². The highest BCUT2D eigenvalue weighted by Crippen LogP contribution is 2.22. The van der Waals surface area contributed by atoms with Crippen LogP contribution in [-0.2, 0) is 10.0 Å². The Bertz CT molecular complexity index is 887. The Labute approximate surface area is 149 Å². The minimum atomic E-state index is -3.61. The van der Waals surface area contributed by atoms with E-state index in [9.17, 15) is 22.0 Å². The lowest BCUT2D eigenvalue weighted by Crippen LogP contribution is -2.24. The van der Waals surface area contributed by atoms with Crippen LogP contribution in [0.1, 0.15) is 23.7 Å². The van der Waals surface area contributed by atoms with Crippen LogP contribution >= 0.6 is 11.6 Å². The third kappa shape index (κ3) is 4.75. The van der Waals surface area contributed by atoms with E-state index >= 15 is 0 Å². The molecule has 2 aromatic rings. The van der Waals surface area contributed by atoms with E-state index in [0.717, 1.165) is 0 Å². The Kier molecular flexibility index (Phi) is 6.10. The summed E-state index contributed by atoms with van der Waals surface area (Å²) < 4.78 is 52.7. The van der Waals surface area contributed by atoms with Gasteiger partial charge >= 0.3 is 0 Å². The zero-order valence-electron chi connectivity index (χ0n) is 13.1. The summed E-state index contributed by atoms with van der Waals surface area (Å²) in [5.74, 6) is -3.10. The topological polar surface area (TPSA) is 75.3 Å². The average Bonchev–Trinajstić information content (AvgIpc) is 2.56. The van der Waals surface area contributed by atoms with Gasteiger partial charge in [-0.1, -0.05) is 18.5 Å². The summed E-state index contributed by atoms with van der Waals surface area (Å²) in [6, 6.07) is 6.81. The van der Waals surface area contributed by atoms with Crippen molar-refractivity contribution in [1.29, 1.82) is 0 Å². The minimum absolute atomic E-state index is 0.0461. The van der Waals surface area contributed by atoms with Crippen molar-refractivity contribution < 1.29 is 22.0 Å². The van der Waals surface area contributed by atoms with Gasteiger partial charge in [0, 0.05) is 12.2 Å². The molecule has 0 aliphatic carbocycles. The van der Waals surface area contributed by atoms with Crippen LogP contribution in [0.5, 0.6) is 0 Å². The summed E-state index contributed by atoms with van der Waals surface area (Å²) in [5.41, 5.74) is 0.0436. The second-order valence-electron chi connectivity index (χ2n) is 5.12. The molecule has 1 amide bonds. The Balaban J connectivity index is 2.16. The van der Waals surface area contributed by atoms with Crippen LogP contribution < -0.4 is 10.0 Å². The second-order valence-corrected chi connectivity index (χ2v) is 7.30. The summed E-state index contributed by atoms with van der Waals surface area (Å²) in [5, 5.41) is 2.20. The van der Waals surface area contributed by atoms with Crippen molar-refractivity contribution in [3.8, 4) is 0 Å². The third-order valence-electron chi connectivity index (χ3n) is 3.22. The third-order valence-corrected chi connectivity index (χ3v) is 5.01. The number of hydrogen-bond donors (Lipinski definition) is 2. The number of hydrogen-bond acceptors (Lipinski definition) is 3. The molecule has 0 unspecified atom stereocenters. The number of carbonyl (C=O) groups excluding carboxylic acids is 1. The first-order valence-electron chi connectivity index (χ1n) is 7.30. The Hall–Kier alpha value is -2.03. The fraction of sp³-hybridized carbons (Fsp3) is 0.188. The number of rotatable bonds is 6. The zero-order chi connectivity index (χ0) is 18.6. The summed E-state index contributed by atoms with van der Waals surface area (Å²) >= 11 is 5.74. The van der Waals surface area contributed by atoms with E-state index in [0.29, 0.717) is 25.1 Å². The van der Waals surface area contributed by atoms with Crippen molar-refractivity contribution in [2.24, 2.45) is 0 Å². The van der Waals surface area contributed by atoms with Gasteiger partial charge in [0.2, 0.25) is 10.0 Å². The molecule has 0 aliphatic heterocycles. The number of anilines is 1. The molecule has 0 fully saturated rings. The first kappa shape index (κ1) is 19.3. The number of nitrogens with one attached hydrogen (secondary N) is 2. The molecule has 0 aliphatic rings. The van der Waals surface area contributed by atoms with Crippen LogP contribution in [0, 0.1) is 11.6 Å². The Morgan fingerprint density at radius 2 is 1.72 bits per heavy atom. The van der Waals surface area contributed by atoms with Gasteiger partial charge in [-0.05, 0) is 42.8 Å². The van der Waals surface area contributed by atoms with Crippen molar-refractivity contribution in [3.63, 3.8) is 0 Å². The van der Waals surface area contributed by atoms with Crippen LogP contribution in [-0.4, -0.2) is 20.9 Å². The molecular weight excluding hydrogens is 374 g/mol. The van der Waals surface area contributed by atoms with Gasteiger partial charge in [-0.25, -0.2) is 21.9 Å². The van der Waals surface area contributed by atoms with Crippen LogP contribution in [0.4, 0.5) is 14.5 Å². The van der Waals surface area contributed by atoms with E-state index in [1.165, 1.54) is 24.3 Å². The largest absolute Gasteiger partial charge is 0.322 e. The SMILES string of the molecule is CCCNS(=O)(=O)c1ccc(NC(=O)c2cc(F)c(F)cc2Cl)cc1. The number of sulfonamides is 1. The van der Waals surface area contributed by atoms with E-state index in [1.54, 1.807) is 0 Å². The molecule has 2 rings (SSSR count). The molecule has 0 saturated carbocycles. The molecular formula is C16H15ClF2N2O3S. The quantitative estimate of drug-likeness (QED) is 0.743. The molecule has 0 spiro atoms. The second kappa shape index (κ2) is 7.90. The monoisotopic (exact) mass is 388 g/mol. The predicted molar refractivity (Wildman–Crippen MR) is 91.2 cm³/mol. The standard InChI is InChI=1S/C16H15ClF2N2O3S/c1-2-7-20-25(23,24)11-5-3-10(4-6-11)21-16(22)12-8-14(18)15(19)9-13(12)17/h3-6,8-9,20H,2,7H2,1H3,(H,21,22). The summed E-state index contributed by atoms with van der Waals surface area (Å²) in [7, 11) is -3.61. The summed E-state index contributed by atoms with van der Waals surface area (Å²) in [6.45, 7) is 2.15. The molecule has 5 nitrogen and oxygen atoms in total. The van der Waals surface area contributed by atoms with Crippen molar-refractivity contribution in [2.75, 3.05) is 11.9 Å². The molecule has 25 heavy (non-hydrogen) atoms. The Morgan fingerprint density at radius 1 is 1.12 bits per heavy atom. The van der Waals surface area contributed by atoms with Gasteiger partial charge in [0.05, 0.1) is 15.5 Å². The summed E-state index contributed by atoms with van der Waals surface area (Å²) in [4.78, 5) is 12.2. The number of carbonyl (C=O) groups is 1. The molecule has 134 valence electrons. The van der Waals surface area contributed by atoms with E-state index < -0.39 is 27.6 Å². The fourth-order valence-corrected chi connectivity index (χ4v) is 3.30. The van der Waals surface area contributed by atoms with Gasteiger partial charge < -0.3 is 5.32 Å². The predicted octanol–water partition coefficient (Wildman–Crippen LogP) is 3.56. The normalized spacial score (nSPS) is 11.4. The molecule has 0 aromatic heterocycles. The van der Waals surface area contributed by atoms with Crippen LogP contribution in [0.3, 0.4) is 0 Å². The van der Waals surface area contributed by atoms with Gasteiger partial charge in [0.25, 0.3) is 5.91 Å². The number of amides is 1. The molecule has 0 bridgehead atoms. The van der Waals surface area contributed by atoms with Crippen LogP contribution in [0.25, 0.3) is 0 Å². The van der Waals surface area contributed by atoms with E-state index in [1.807, 2.05) is 6.92 Å². The van der Waals surface area contributed by atoms with Crippen LogP contribution in [0.2, 0.25) is 5.02 Å². The highest BCUT2D eigenvalue weighted by molar-refractivity contribution is 7.89. The van der Waals surface area contributed by atoms with Crippen LogP contribution in [0.15, 0.2) is 41.3 Å². The highest BCUT2D eigenvalue weighted by atomic mass is 35.5. The Morgan fingerprint density at radius 3 is 2.32 bits per heavy atom. The lowest BCUT2D eigenvalue weighted by Gasteiger charge is -2.09. The van der Waals surface area contributed by atoms with Gasteiger partial charge in [-0.15, -0.1) is 0 Å². The average molecular weight is 389 g/mol. The van der Waals surface area contributed by atoms with Crippen molar-refractivity contribution in [1.82, 2.24) is 4.72 Å². The first-order chi connectivity index (χ1) is 11.7. The van der Waals surface area contributed by atoms with Crippen molar-refractivity contribution in [2.45, 2.75) is 18.2 Å². The van der Waals surface area contributed by atoms with Gasteiger partial charge in [0.1, 0.15) is 0 Å². The highest BCUT2D eigenvalue weighted by Gasteiger charge is 2.16. The van der Waals surface area contributed by atoms with Crippen molar-refractivity contribution >= 4 is 33.2 Å². The minimum Gasteiger partial charge on any atom is -0.322 e. The molecule has 2 aromatic carbocycles. The molecule has 0 saturated heterocycles. The van der Waals surface area contributed by atoms with E-state index in [4.69, 9.17) is 11.6 Å². The van der Waals surface area contributed by atoms with Gasteiger partial charge in [0.15, 0.2) is 11.6 Å². The smallest absolute Gasteiger partial charge is 0.257 e. The summed E-state index contributed by atoms with van der Waals surface area (Å²) in [6.07, 6.45) is 0.655. The first-order valence-corrected chi connectivity index (χ1v) is 9.16. The lowest BCUT2D eigenvalue weighted by molar-refractivity contribution is 0.102. The maximum Gasteiger partial charge on any atom is 0.257 e. The fourth-order valence-electron chi connectivity index (χ4n) is 1.93. The molecule has 0 atom stereocenters. The maximum atomic E-state index is 13.3. The number of benzene rings is 2. The number of halogens is 3. The lowest BCUT2D eigenvalue weighted by atomic mass is 10.2. The molecule has 0 heterocycles. The molecule has 2 N–H and O–H groups in total.